The van der Waals surface area contributed by atoms with Crippen molar-refractivity contribution in [3.8, 4) is 0 Å². The predicted octanol–water partition coefficient (Wildman–Crippen LogP) is 2.05. The van der Waals surface area contributed by atoms with Gasteiger partial charge in [0, 0.05) is 32.7 Å². The first-order valence-electron chi connectivity index (χ1n) is 7.95. The summed E-state index contributed by atoms with van der Waals surface area (Å²) in [4.78, 5) is 11.2. The molecule has 118 valence electrons. The highest BCUT2D eigenvalue weighted by Gasteiger charge is 2.23. The minimum absolute atomic E-state index is 0.414. The van der Waals surface area contributed by atoms with E-state index in [9.17, 15) is 0 Å². The van der Waals surface area contributed by atoms with Crippen LogP contribution in [0.15, 0.2) is 42.9 Å². The lowest BCUT2D eigenvalue weighted by Crippen LogP contribution is -2.26. The molecule has 1 saturated heterocycles. The molecule has 3 heterocycles. The van der Waals surface area contributed by atoms with Gasteiger partial charge in [0.1, 0.15) is 12.1 Å². The van der Waals surface area contributed by atoms with Crippen molar-refractivity contribution in [2.45, 2.75) is 19.0 Å². The van der Waals surface area contributed by atoms with E-state index in [0.717, 1.165) is 42.9 Å². The van der Waals surface area contributed by atoms with Crippen LogP contribution < -0.4 is 5.32 Å². The van der Waals surface area contributed by atoms with Gasteiger partial charge in [0.25, 0.3) is 0 Å². The molecule has 0 spiro atoms. The third-order valence-corrected chi connectivity index (χ3v) is 4.39. The van der Waals surface area contributed by atoms with Crippen molar-refractivity contribution >= 4 is 16.9 Å². The zero-order valence-corrected chi connectivity index (χ0v) is 13.2. The number of nitrogens with zero attached hydrogens (tertiary/aromatic N) is 5. The molecule has 1 aromatic carbocycles. The van der Waals surface area contributed by atoms with Gasteiger partial charge in [-0.05, 0) is 12.0 Å². The highest BCUT2D eigenvalue weighted by Crippen LogP contribution is 2.22. The van der Waals surface area contributed by atoms with Crippen LogP contribution in [0.25, 0.3) is 11.0 Å². The van der Waals surface area contributed by atoms with E-state index in [0.29, 0.717) is 6.04 Å². The minimum atomic E-state index is 0.414. The van der Waals surface area contributed by atoms with Gasteiger partial charge in [-0.15, -0.1) is 0 Å². The standard InChI is InChI=1S/C17H20N6/c1-22-17-15(9-20-22)16(18-12-19-17)21-14-7-8-23(11-14)10-13-5-3-2-4-6-13/h2-6,9,12,14H,7-8,10-11H2,1H3,(H,18,19,21). The number of fused-ring (bicyclic) bond motifs is 1. The van der Waals surface area contributed by atoms with Crippen molar-refractivity contribution in [3.63, 3.8) is 0 Å². The Morgan fingerprint density at radius 1 is 1.22 bits per heavy atom. The molecule has 1 aliphatic rings. The third-order valence-electron chi connectivity index (χ3n) is 4.39. The Balaban J connectivity index is 1.44. The molecule has 1 aliphatic heterocycles. The number of likely N-dealkylation sites (tertiary alicyclic amines) is 1. The van der Waals surface area contributed by atoms with E-state index in [1.54, 1.807) is 11.0 Å². The van der Waals surface area contributed by atoms with Crippen molar-refractivity contribution in [1.29, 1.82) is 0 Å². The average molecular weight is 308 g/mol. The Bertz CT molecular complexity index is 797. The lowest BCUT2D eigenvalue weighted by Gasteiger charge is -2.17. The molecule has 0 bridgehead atoms. The lowest BCUT2D eigenvalue weighted by atomic mass is 10.2. The van der Waals surface area contributed by atoms with Gasteiger partial charge in [-0.2, -0.15) is 5.10 Å². The predicted molar refractivity (Wildman–Crippen MR) is 90.1 cm³/mol. The van der Waals surface area contributed by atoms with Crippen LogP contribution in [0.2, 0.25) is 0 Å². The summed E-state index contributed by atoms with van der Waals surface area (Å²) in [7, 11) is 1.90. The monoisotopic (exact) mass is 308 g/mol. The molecule has 4 rings (SSSR count). The van der Waals surface area contributed by atoms with Crippen LogP contribution in [0.5, 0.6) is 0 Å². The van der Waals surface area contributed by atoms with Crippen LogP contribution >= 0.6 is 0 Å². The van der Waals surface area contributed by atoms with Crippen molar-refractivity contribution in [2.24, 2.45) is 7.05 Å². The summed E-state index contributed by atoms with van der Waals surface area (Å²) in [6.07, 6.45) is 4.55. The number of benzene rings is 1. The molecular formula is C17H20N6. The van der Waals surface area contributed by atoms with Gasteiger partial charge < -0.3 is 5.32 Å². The molecule has 1 N–H and O–H groups in total. The smallest absolute Gasteiger partial charge is 0.163 e. The van der Waals surface area contributed by atoms with E-state index >= 15 is 0 Å². The van der Waals surface area contributed by atoms with E-state index in [2.05, 4.69) is 55.6 Å². The maximum Gasteiger partial charge on any atom is 0.163 e. The third kappa shape index (κ3) is 2.90. The first kappa shape index (κ1) is 14.1. The molecule has 0 amide bonds. The Labute approximate surface area is 135 Å². The molecule has 1 atom stereocenters. The largest absolute Gasteiger partial charge is 0.365 e. The zero-order valence-electron chi connectivity index (χ0n) is 13.2. The molecule has 1 fully saturated rings. The number of hydrogen-bond donors (Lipinski definition) is 1. The number of nitrogens with one attached hydrogen (secondary N) is 1. The van der Waals surface area contributed by atoms with Gasteiger partial charge in [-0.1, -0.05) is 30.3 Å². The molecule has 0 radical (unpaired) electrons. The van der Waals surface area contributed by atoms with Gasteiger partial charge in [-0.3, -0.25) is 9.58 Å². The molecule has 23 heavy (non-hydrogen) atoms. The number of rotatable bonds is 4. The number of aryl methyl sites for hydroxylation is 1. The number of aromatic nitrogens is 4. The maximum atomic E-state index is 4.40. The van der Waals surface area contributed by atoms with Crippen molar-refractivity contribution in [1.82, 2.24) is 24.6 Å². The van der Waals surface area contributed by atoms with E-state index in [-0.39, 0.29) is 0 Å². The fraction of sp³-hybridized carbons (Fsp3) is 0.353. The molecule has 1 unspecified atom stereocenters. The summed E-state index contributed by atoms with van der Waals surface area (Å²) in [6.45, 7) is 3.14. The number of hydrogen-bond acceptors (Lipinski definition) is 5. The van der Waals surface area contributed by atoms with Crippen LogP contribution in [-0.4, -0.2) is 43.8 Å². The summed E-state index contributed by atoms with van der Waals surface area (Å²) in [6, 6.07) is 11.0. The Hall–Kier alpha value is -2.47. The van der Waals surface area contributed by atoms with Crippen LogP contribution in [0, 0.1) is 0 Å². The fourth-order valence-corrected chi connectivity index (χ4v) is 3.21. The Morgan fingerprint density at radius 3 is 2.96 bits per heavy atom. The summed E-state index contributed by atoms with van der Waals surface area (Å²) in [5.74, 6) is 0.884. The lowest BCUT2D eigenvalue weighted by molar-refractivity contribution is 0.328. The maximum absolute atomic E-state index is 4.40. The van der Waals surface area contributed by atoms with Crippen molar-refractivity contribution < 1.29 is 0 Å². The molecule has 0 aliphatic carbocycles. The van der Waals surface area contributed by atoms with Gasteiger partial charge in [-0.25, -0.2) is 9.97 Å². The SMILES string of the molecule is Cn1ncc2c(NC3CCN(Cc4ccccc4)C3)ncnc21. The van der Waals surface area contributed by atoms with Crippen LogP contribution in [0.1, 0.15) is 12.0 Å². The van der Waals surface area contributed by atoms with E-state index in [4.69, 9.17) is 0 Å². The fourth-order valence-electron chi connectivity index (χ4n) is 3.21. The summed E-state index contributed by atoms with van der Waals surface area (Å²) < 4.78 is 1.78. The Kier molecular flexibility index (Phi) is 3.67. The van der Waals surface area contributed by atoms with Gasteiger partial charge in [0.2, 0.25) is 0 Å². The van der Waals surface area contributed by atoms with Gasteiger partial charge in [0.05, 0.1) is 11.6 Å². The van der Waals surface area contributed by atoms with E-state index in [1.807, 2.05) is 13.2 Å². The average Bonchev–Trinajstić information content (AvgIpc) is 3.16. The highest BCUT2D eigenvalue weighted by atomic mass is 15.3. The molecular weight excluding hydrogens is 288 g/mol. The van der Waals surface area contributed by atoms with Gasteiger partial charge >= 0.3 is 0 Å². The van der Waals surface area contributed by atoms with Gasteiger partial charge in [0.15, 0.2) is 5.65 Å². The number of anilines is 1. The topological polar surface area (TPSA) is 58.9 Å². The Morgan fingerprint density at radius 2 is 2.09 bits per heavy atom. The van der Waals surface area contributed by atoms with Crippen LogP contribution in [-0.2, 0) is 13.6 Å². The molecule has 0 saturated carbocycles. The molecule has 6 heteroatoms. The van der Waals surface area contributed by atoms with Crippen molar-refractivity contribution in [2.75, 3.05) is 18.4 Å². The first-order valence-corrected chi connectivity index (χ1v) is 7.95. The molecule has 6 nitrogen and oxygen atoms in total. The van der Waals surface area contributed by atoms with Crippen LogP contribution in [0.4, 0.5) is 5.82 Å². The van der Waals surface area contributed by atoms with Crippen LogP contribution in [0.3, 0.4) is 0 Å². The van der Waals surface area contributed by atoms with Crippen molar-refractivity contribution in [3.05, 3.63) is 48.4 Å². The summed E-state index contributed by atoms with van der Waals surface area (Å²) >= 11 is 0. The molecule has 3 aromatic rings. The second-order valence-corrected chi connectivity index (χ2v) is 6.08. The van der Waals surface area contributed by atoms with E-state index < -0.39 is 0 Å². The highest BCUT2D eigenvalue weighted by molar-refractivity contribution is 5.86. The molecule has 2 aromatic heterocycles. The summed E-state index contributed by atoms with van der Waals surface area (Å²) in [5.41, 5.74) is 2.23. The minimum Gasteiger partial charge on any atom is -0.365 e. The second-order valence-electron chi connectivity index (χ2n) is 6.08. The van der Waals surface area contributed by atoms with E-state index in [1.165, 1.54) is 5.56 Å². The normalized spacial score (nSPS) is 18.6. The second kappa shape index (κ2) is 5.96. The first-order chi connectivity index (χ1) is 11.3. The summed E-state index contributed by atoms with van der Waals surface area (Å²) in [5, 5.41) is 8.82. The quantitative estimate of drug-likeness (QED) is 0.799. The zero-order chi connectivity index (χ0) is 15.6.